The fraction of sp³-hybridized carbons (Fsp3) is 0.321. The lowest BCUT2D eigenvalue weighted by molar-refractivity contribution is -0.139. The Morgan fingerprint density at radius 3 is 2.51 bits per heavy atom. The van der Waals surface area contributed by atoms with E-state index in [0.717, 1.165) is 6.42 Å². The van der Waals surface area contributed by atoms with E-state index in [4.69, 9.17) is 4.74 Å². The van der Waals surface area contributed by atoms with Crippen LogP contribution in [0.5, 0.6) is 5.75 Å². The van der Waals surface area contributed by atoms with Crippen LogP contribution in [0.2, 0.25) is 0 Å². The van der Waals surface area contributed by atoms with Crippen molar-refractivity contribution in [2.45, 2.75) is 46.0 Å². The first-order valence-corrected chi connectivity index (χ1v) is 12.9. The zero-order valence-electron chi connectivity index (χ0n) is 21.1. The summed E-state index contributed by atoms with van der Waals surface area (Å²) in [7, 11) is 1.52. The molecule has 37 heavy (non-hydrogen) atoms. The Morgan fingerprint density at radius 1 is 1.14 bits per heavy atom. The Balaban J connectivity index is 2.17. The summed E-state index contributed by atoms with van der Waals surface area (Å²) >= 11 is 1.24. The molecule has 6 nitrogen and oxygen atoms in total. The molecule has 0 fully saturated rings. The van der Waals surface area contributed by atoms with Gasteiger partial charge in [-0.1, -0.05) is 19.8 Å². The van der Waals surface area contributed by atoms with Gasteiger partial charge in [-0.25, -0.2) is 13.5 Å². The molecule has 0 aliphatic heterocycles. The van der Waals surface area contributed by atoms with Gasteiger partial charge in [-0.15, -0.1) is 11.3 Å². The van der Waals surface area contributed by atoms with Gasteiger partial charge in [0, 0.05) is 44.8 Å². The molecule has 0 aliphatic carbocycles. The second-order valence-electron chi connectivity index (χ2n) is 8.86. The molecular formula is C28H28F2N2O4S. The molecule has 0 saturated heterocycles. The highest BCUT2D eigenvalue weighted by atomic mass is 32.1. The van der Waals surface area contributed by atoms with Crippen LogP contribution in [-0.4, -0.2) is 27.5 Å². The maximum absolute atomic E-state index is 14.3. The third-order valence-electron chi connectivity index (χ3n) is 6.35. The van der Waals surface area contributed by atoms with E-state index in [0.29, 0.717) is 50.2 Å². The third-order valence-corrected chi connectivity index (χ3v) is 7.54. The van der Waals surface area contributed by atoms with Crippen molar-refractivity contribution in [3.63, 3.8) is 0 Å². The Morgan fingerprint density at radius 2 is 1.84 bits per heavy atom. The van der Waals surface area contributed by atoms with Gasteiger partial charge in [0.05, 0.1) is 23.8 Å². The van der Waals surface area contributed by atoms with Crippen molar-refractivity contribution in [1.82, 2.24) is 9.78 Å². The van der Waals surface area contributed by atoms with E-state index in [1.165, 1.54) is 47.3 Å². The molecule has 2 heterocycles. The van der Waals surface area contributed by atoms with Crippen molar-refractivity contribution in [1.29, 1.82) is 0 Å². The lowest BCUT2D eigenvalue weighted by Crippen LogP contribution is -2.27. The fourth-order valence-corrected chi connectivity index (χ4v) is 5.98. The van der Waals surface area contributed by atoms with E-state index >= 15 is 0 Å². The molecule has 1 atom stereocenters. The van der Waals surface area contributed by atoms with Gasteiger partial charge in [0.15, 0.2) is 0 Å². The standard InChI is InChI=1S/C28H28F2N2O4S/c1-5-7-8-20(28(34)35)23-15(3)31-32(4)27(33)25(23)24-19-12-10-17(30)14-22(19)37-26(24)18-11-9-16(29)13-21(18)36-6-2/h9-14,20H,5-8H2,1-4H3,(H,34,35). The SMILES string of the molecule is CCCCC(C(=O)O)c1c(C)nn(C)c(=O)c1-c1c(-c2ccc(F)cc2OCC)sc2cc(F)ccc12. The van der Waals surface area contributed by atoms with E-state index in [9.17, 15) is 23.5 Å². The molecule has 0 radical (unpaired) electrons. The van der Waals surface area contributed by atoms with E-state index in [-0.39, 0.29) is 17.9 Å². The van der Waals surface area contributed by atoms with Gasteiger partial charge >= 0.3 is 5.97 Å². The van der Waals surface area contributed by atoms with Crippen molar-refractivity contribution >= 4 is 27.4 Å². The predicted molar refractivity (Wildman–Crippen MR) is 141 cm³/mol. The molecule has 4 rings (SSSR count). The number of rotatable bonds is 9. The van der Waals surface area contributed by atoms with Crippen molar-refractivity contribution in [2.75, 3.05) is 6.61 Å². The molecule has 0 bridgehead atoms. The molecule has 0 amide bonds. The number of benzene rings is 2. The molecule has 2 aromatic carbocycles. The molecule has 0 saturated carbocycles. The van der Waals surface area contributed by atoms with E-state index in [2.05, 4.69) is 5.10 Å². The molecule has 0 spiro atoms. The minimum absolute atomic E-state index is 0.207. The number of hydrogen-bond acceptors (Lipinski definition) is 5. The maximum Gasteiger partial charge on any atom is 0.311 e. The molecule has 1 N–H and O–H groups in total. The van der Waals surface area contributed by atoms with Crippen LogP contribution in [0, 0.1) is 18.6 Å². The number of thiophene rings is 1. The van der Waals surface area contributed by atoms with Crippen molar-refractivity contribution in [3.05, 3.63) is 69.6 Å². The van der Waals surface area contributed by atoms with Crippen LogP contribution in [0.1, 0.15) is 50.3 Å². The second-order valence-corrected chi connectivity index (χ2v) is 9.91. The largest absolute Gasteiger partial charge is 0.493 e. The zero-order chi connectivity index (χ0) is 26.9. The number of aromatic nitrogens is 2. The molecule has 4 aromatic rings. The van der Waals surface area contributed by atoms with Crippen LogP contribution < -0.4 is 10.3 Å². The normalized spacial score (nSPS) is 12.2. The maximum atomic E-state index is 14.3. The number of carboxylic acid groups (broad SMARTS) is 1. The number of carboxylic acids is 1. The smallest absolute Gasteiger partial charge is 0.311 e. The molecule has 1 unspecified atom stereocenters. The summed E-state index contributed by atoms with van der Waals surface area (Å²) in [5.74, 6) is -2.65. The number of fused-ring (bicyclic) bond motifs is 1. The van der Waals surface area contributed by atoms with Gasteiger partial charge in [0.25, 0.3) is 5.56 Å². The molecule has 9 heteroatoms. The summed E-state index contributed by atoms with van der Waals surface area (Å²) < 4.78 is 35.9. The van der Waals surface area contributed by atoms with E-state index < -0.39 is 29.1 Å². The van der Waals surface area contributed by atoms with Crippen LogP contribution in [0.15, 0.2) is 41.2 Å². The van der Waals surface area contributed by atoms with Gasteiger partial charge in [-0.3, -0.25) is 9.59 Å². The number of aliphatic carboxylic acids is 1. The van der Waals surface area contributed by atoms with Crippen LogP contribution in [0.3, 0.4) is 0 Å². The minimum Gasteiger partial charge on any atom is -0.493 e. The highest BCUT2D eigenvalue weighted by Crippen LogP contribution is 2.49. The van der Waals surface area contributed by atoms with Crippen molar-refractivity contribution in [3.8, 4) is 27.3 Å². The van der Waals surface area contributed by atoms with Crippen molar-refractivity contribution in [2.24, 2.45) is 7.05 Å². The van der Waals surface area contributed by atoms with E-state index in [1.807, 2.05) is 6.92 Å². The molecule has 0 aliphatic rings. The van der Waals surface area contributed by atoms with Gasteiger partial charge in [0.2, 0.25) is 0 Å². The summed E-state index contributed by atoms with van der Waals surface area (Å²) in [5.41, 5.74) is 1.51. The number of ether oxygens (including phenoxy) is 1. The lowest BCUT2D eigenvalue weighted by Gasteiger charge is -2.20. The lowest BCUT2D eigenvalue weighted by atomic mass is 9.85. The highest BCUT2D eigenvalue weighted by Gasteiger charge is 2.31. The number of halogens is 2. The monoisotopic (exact) mass is 526 g/mol. The number of unbranched alkanes of at least 4 members (excludes halogenated alkanes) is 1. The van der Waals surface area contributed by atoms with Crippen LogP contribution in [0.25, 0.3) is 31.7 Å². The van der Waals surface area contributed by atoms with Gasteiger partial charge in [0.1, 0.15) is 17.4 Å². The summed E-state index contributed by atoms with van der Waals surface area (Å²) in [4.78, 5) is 26.8. The van der Waals surface area contributed by atoms with Crippen LogP contribution >= 0.6 is 11.3 Å². The van der Waals surface area contributed by atoms with Crippen LogP contribution in [-0.2, 0) is 11.8 Å². The Hall–Kier alpha value is -3.59. The fourth-order valence-electron chi connectivity index (χ4n) is 4.72. The number of carbonyl (C=O) groups is 1. The van der Waals surface area contributed by atoms with Gasteiger partial charge in [-0.2, -0.15) is 5.10 Å². The molecule has 194 valence electrons. The highest BCUT2D eigenvalue weighted by molar-refractivity contribution is 7.23. The molecule has 2 aromatic heterocycles. The molecular weight excluding hydrogens is 498 g/mol. The third kappa shape index (κ3) is 5.00. The summed E-state index contributed by atoms with van der Waals surface area (Å²) in [6, 6.07) is 8.40. The minimum atomic E-state index is -1.04. The number of nitrogens with zero attached hydrogens (tertiary/aromatic N) is 2. The average Bonchev–Trinajstić information content (AvgIpc) is 3.20. The second kappa shape index (κ2) is 10.8. The number of hydrogen-bond donors (Lipinski definition) is 1. The van der Waals surface area contributed by atoms with Crippen LogP contribution in [0.4, 0.5) is 8.78 Å². The first-order chi connectivity index (χ1) is 17.7. The summed E-state index contributed by atoms with van der Waals surface area (Å²) in [5, 5.41) is 15.1. The van der Waals surface area contributed by atoms with E-state index in [1.54, 1.807) is 26.0 Å². The zero-order valence-corrected chi connectivity index (χ0v) is 21.9. The van der Waals surface area contributed by atoms with Gasteiger partial charge < -0.3 is 9.84 Å². The predicted octanol–water partition coefficient (Wildman–Crippen LogP) is 6.67. The van der Waals surface area contributed by atoms with Gasteiger partial charge in [-0.05, 0) is 50.6 Å². The first kappa shape index (κ1) is 26.5. The van der Waals surface area contributed by atoms with Crippen molar-refractivity contribution < 1.29 is 23.4 Å². The summed E-state index contributed by atoms with van der Waals surface area (Å²) in [6.45, 7) is 5.72. The first-order valence-electron chi connectivity index (χ1n) is 12.1. The quantitative estimate of drug-likeness (QED) is 0.263. The average molecular weight is 527 g/mol. The Labute approximate surface area is 217 Å². The topological polar surface area (TPSA) is 81.4 Å². The Kier molecular flexibility index (Phi) is 7.73. The Bertz CT molecular complexity index is 1540. The summed E-state index contributed by atoms with van der Waals surface area (Å²) in [6.07, 6.45) is 1.77. The number of aryl methyl sites for hydroxylation is 2.